The van der Waals surface area contributed by atoms with Crippen LogP contribution in [-0.2, 0) is 4.74 Å². The van der Waals surface area contributed by atoms with E-state index in [1.807, 2.05) is 6.92 Å². The van der Waals surface area contributed by atoms with E-state index in [-0.39, 0.29) is 11.8 Å². The number of esters is 1. The van der Waals surface area contributed by atoms with Crippen LogP contribution >= 0.6 is 23.6 Å². The fraction of sp³-hybridized carbons (Fsp3) is 0.333. The summed E-state index contributed by atoms with van der Waals surface area (Å²) in [7, 11) is 1.37. The van der Waals surface area contributed by atoms with E-state index in [9.17, 15) is 9.18 Å². The van der Waals surface area contributed by atoms with Gasteiger partial charge in [0.2, 0.25) is 0 Å². The van der Waals surface area contributed by atoms with Crippen LogP contribution in [0.2, 0.25) is 0 Å². The summed E-state index contributed by atoms with van der Waals surface area (Å²) in [6.07, 6.45) is 0. The molecule has 2 heterocycles. The maximum atomic E-state index is 13.1. The lowest BCUT2D eigenvalue weighted by atomic mass is 10.2. The molecule has 0 radical (unpaired) electrons. The number of thiocarbonyl (C=S) groups is 1. The number of nitrogens with zero attached hydrogens (tertiary/aromatic N) is 2. The van der Waals surface area contributed by atoms with Crippen LogP contribution in [0.1, 0.15) is 15.2 Å². The Morgan fingerprint density at radius 3 is 2.50 bits per heavy atom. The van der Waals surface area contributed by atoms with Gasteiger partial charge in [0.25, 0.3) is 0 Å². The first-order valence-electron chi connectivity index (χ1n) is 8.23. The minimum absolute atomic E-state index is 0.231. The van der Waals surface area contributed by atoms with E-state index in [2.05, 4.69) is 15.1 Å². The number of carbonyl (C=O) groups excluding carboxylic acids is 1. The minimum atomic E-state index is -0.374. The van der Waals surface area contributed by atoms with Gasteiger partial charge in [-0.05, 0) is 49.5 Å². The highest BCUT2D eigenvalue weighted by Crippen LogP contribution is 2.28. The van der Waals surface area contributed by atoms with Crippen molar-refractivity contribution in [3.63, 3.8) is 0 Å². The second-order valence-electron chi connectivity index (χ2n) is 5.97. The standard InChI is InChI=1S/C18H20FN3O2S2/c1-12-11-15(17(23)24-2)16(26-12)20-18(25)22-9-7-21(8-10-22)14-5-3-13(19)4-6-14/h3-6,11H,7-10H2,1-2H3,(H,20,25). The molecular weight excluding hydrogens is 373 g/mol. The number of hydrogen-bond donors (Lipinski definition) is 1. The largest absolute Gasteiger partial charge is 0.465 e. The number of piperazine rings is 1. The van der Waals surface area contributed by atoms with Gasteiger partial charge >= 0.3 is 5.97 Å². The van der Waals surface area contributed by atoms with Crippen LogP contribution in [0.25, 0.3) is 0 Å². The molecule has 0 saturated carbocycles. The summed E-state index contributed by atoms with van der Waals surface area (Å²) in [5, 5.41) is 4.49. The van der Waals surface area contributed by atoms with Crippen LogP contribution in [0.15, 0.2) is 30.3 Å². The van der Waals surface area contributed by atoms with E-state index >= 15 is 0 Å². The first-order valence-corrected chi connectivity index (χ1v) is 9.45. The number of thiophene rings is 1. The van der Waals surface area contributed by atoms with Gasteiger partial charge in [0, 0.05) is 36.7 Å². The molecule has 138 valence electrons. The van der Waals surface area contributed by atoms with E-state index < -0.39 is 0 Å². The number of aryl methyl sites for hydroxylation is 1. The highest BCUT2D eigenvalue weighted by molar-refractivity contribution is 7.80. The van der Waals surface area contributed by atoms with E-state index in [0.29, 0.717) is 15.7 Å². The zero-order chi connectivity index (χ0) is 18.7. The number of methoxy groups -OCH3 is 1. The summed E-state index contributed by atoms with van der Waals surface area (Å²) in [4.78, 5) is 17.2. The average Bonchev–Trinajstić information content (AvgIpc) is 3.02. The smallest absolute Gasteiger partial charge is 0.340 e. The number of hydrogen-bond acceptors (Lipinski definition) is 5. The maximum absolute atomic E-state index is 13.1. The third-order valence-electron chi connectivity index (χ3n) is 4.24. The Morgan fingerprint density at radius 1 is 1.23 bits per heavy atom. The minimum Gasteiger partial charge on any atom is -0.465 e. The fourth-order valence-electron chi connectivity index (χ4n) is 2.86. The second-order valence-corrected chi connectivity index (χ2v) is 7.62. The van der Waals surface area contributed by atoms with Crippen molar-refractivity contribution in [2.75, 3.05) is 43.5 Å². The molecule has 1 aliphatic heterocycles. The highest BCUT2D eigenvalue weighted by atomic mass is 32.1. The third kappa shape index (κ3) is 4.13. The van der Waals surface area contributed by atoms with Gasteiger partial charge in [-0.15, -0.1) is 11.3 Å². The van der Waals surface area contributed by atoms with Crippen molar-refractivity contribution in [1.82, 2.24) is 4.90 Å². The van der Waals surface area contributed by atoms with Crippen LogP contribution in [0, 0.1) is 12.7 Å². The quantitative estimate of drug-likeness (QED) is 0.636. The Hall–Kier alpha value is -2.19. The summed E-state index contributed by atoms with van der Waals surface area (Å²) in [5.74, 6) is -0.605. The Morgan fingerprint density at radius 2 is 1.88 bits per heavy atom. The predicted octanol–water partition coefficient (Wildman–Crippen LogP) is 3.50. The molecule has 5 nitrogen and oxygen atoms in total. The van der Waals surface area contributed by atoms with Gasteiger partial charge < -0.3 is 19.9 Å². The van der Waals surface area contributed by atoms with Gasteiger partial charge in [0.15, 0.2) is 5.11 Å². The summed E-state index contributed by atoms with van der Waals surface area (Å²) >= 11 is 7.00. The van der Waals surface area contributed by atoms with Crippen molar-refractivity contribution < 1.29 is 13.9 Å². The Labute approximate surface area is 161 Å². The molecule has 1 aliphatic rings. The molecule has 2 aromatic rings. The lowest BCUT2D eigenvalue weighted by molar-refractivity contribution is 0.0602. The fourth-order valence-corrected chi connectivity index (χ4v) is 4.11. The topological polar surface area (TPSA) is 44.8 Å². The number of carbonyl (C=O) groups is 1. The lowest BCUT2D eigenvalue weighted by Gasteiger charge is -2.37. The summed E-state index contributed by atoms with van der Waals surface area (Å²) < 4.78 is 17.9. The van der Waals surface area contributed by atoms with E-state index in [1.165, 1.54) is 30.6 Å². The van der Waals surface area contributed by atoms with Crippen molar-refractivity contribution in [3.05, 3.63) is 46.6 Å². The molecule has 0 bridgehead atoms. The number of anilines is 2. The Kier molecular flexibility index (Phi) is 5.73. The van der Waals surface area contributed by atoms with Crippen LogP contribution in [0.4, 0.5) is 15.1 Å². The van der Waals surface area contributed by atoms with E-state index in [1.54, 1.807) is 18.2 Å². The normalized spacial score (nSPS) is 14.3. The molecule has 3 rings (SSSR count). The number of halogens is 1. The van der Waals surface area contributed by atoms with Crippen molar-refractivity contribution in [1.29, 1.82) is 0 Å². The number of nitrogens with one attached hydrogen (secondary N) is 1. The lowest BCUT2D eigenvalue weighted by Crippen LogP contribution is -2.50. The molecule has 8 heteroatoms. The van der Waals surface area contributed by atoms with Crippen molar-refractivity contribution >= 4 is 45.3 Å². The molecule has 0 amide bonds. The van der Waals surface area contributed by atoms with Gasteiger partial charge in [0.05, 0.1) is 12.7 Å². The van der Waals surface area contributed by atoms with Crippen molar-refractivity contribution in [2.24, 2.45) is 0 Å². The van der Waals surface area contributed by atoms with Crippen LogP contribution in [0.5, 0.6) is 0 Å². The maximum Gasteiger partial charge on any atom is 0.340 e. The van der Waals surface area contributed by atoms with Gasteiger partial charge in [-0.3, -0.25) is 0 Å². The number of benzene rings is 1. The molecule has 0 aliphatic carbocycles. The molecule has 1 saturated heterocycles. The van der Waals surface area contributed by atoms with Gasteiger partial charge in [-0.1, -0.05) is 0 Å². The molecule has 0 atom stereocenters. The van der Waals surface area contributed by atoms with Gasteiger partial charge in [-0.25, -0.2) is 9.18 Å². The van der Waals surface area contributed by atoms with Gasteiger partial charge in [0.1, 0.15) is 10.8 Å². The third-order valence-corrected chi connectivity index (χ3v) is 5.57. The van der Waals surface area contributed by atoms with Crippen molar-refractivity contribution in [2.45, 2.75) is 6.92 Å². The molecule has 1 N–H and O–H groups in total. The van der Waals surface area contributed by atoms with Crippen LogP contribution in [0.3, 0.4) is 0 Å². The molecular formula is C18H20FN3O2S2. The predicted molar refractivity (Wildman–Crippen MR) is 107 cm³/mol. The SMILES string of the molecule is COC(=O)c1cc(C)sc1NC(=S)N1CCN(c2ccc(F)cc2)CC1. The average molecular weight is 394 g/mol. The molecule has 1 aromatic carbocycles. The first kappa shape index (κ1) is 18.6. The molecule has 0 spiro atoms. The summed E-state index contributed by atoms with van der Waals surface area (Å²) in [5.41, 5.74) is 1.51. The molecule has 26 heavy (non-hydrogen) atoms. The second kappa shape index (κ2) is 8.01. The van der Waals surface area contributed by atoms with Crippen LogP contribution < -0.4 is 10.2 Å². The molecule has 0 unspecified atom stereocenters. The molecule has 1 fully saturated rings. The van der Waals surface area contributed by atoms with E-state index in [4.69, 9.17) is 17.0 Å². The monoisotopic (exact) mass is 393 g/mol. The number of ether oxygens (including phenoxy) is 1. The zero-order valence-electron chi connectivity index (χ0n) is 14.6. The van der Waals surface area contributed by atoms with Gasteiger partial charge in [-0.2, -0.15) is 0 Å². The zero-order valence-corrected chi connectivity index (χ0v) is 16.3. The summed E-state index contributed by atoms with van der Waals surface area (Å²) in [6, 6.07) is 8.33. The number of rotatable bonds is 3. The summed E-state index contributed by atoms with van der Waals surface area (Å²) in [6.45, 7) is 5.02. The molecule has 1 aromatic heterocycles. The highest BCUT2D eigenvalue weighted by Gasteiger charge is 2.22. The Bertz CT molecular complexity index is 799. The first-order chi connectivity index (χ1) is 12.5. The van der Waals surface area contributed by atoms with E-state index in [0.717, 1.165) is 36.7 Å². The Balaban J connectivity index is 1.61. The van der Waals surface area contributed by atoms with Crippen molar-refractivity contribution in [3.8, 4) is 0 Å². The van der Waals surface area contributed by atoms with Crippen LogP contribution in [-0.4, -0.2) is 49.3 Å².